The van der Waals surface area contributed by atoms with Crippen LogP contribution in [-0.4, -0.2) is 21.4 Å². The molecule has 0 saturated carbocycles. The highest BCUT2D eigenvalue weighted by molar-refractivity contribution is 5.41. The summed E-state index contributed by atoms with van der Waals surface area (Å²) < 4.78 is 19.0. The molecule has 0 fully saturated rings. The number of hydrogen-bond donors (Lipinski definition) is 1. The third-order valence-corrected chi connectivity index (χ3v) is 2.59. The Labute approximate surface area is 120 Å². The van der Waals surface area contributed by atoms with Gasteiger partial charge in [-0.15, -0.1) is 0 Å². The van der Waals surface area contributed by atoms with Crippen LogP contribution in [0.15, 0.2) is 24.4 Å². The van der Waals surface area contributed by atoms with Gasteiger partial charge in [-0.25, -0.2) is 4.98 Å². The van der Waals surface area contributed by atoms with Gasteiger partial charge in [-0.3, -0.25) is 10.1 Å². The lowest BCUT2D eigenvalue weighted by Gasteiger charge is -2.09. The molecule has 110 valence electrons. The van der Waals surface area contributed by atoms with Crippen molar-refractivity contribution in [3.63, 3.8) is 0 Å². The maximum Gasteiger partial charge on any atom is 0.305 e. The quantitative estimate of drug-likeness (QED) is 0.672. The highest BCUT2D eigenvalue weighted by atomic mass is 19.1. The van der Waals surface area contributed by atoms with Crippen LogP contribution in [0.5, 0.6) is 11.6 Å². The number of nitrogens with zero attached hydrogens (tertiary/aromatic N) is 3. The molecule has 0 amide bonds. The molecule has 1 aromatic carbocycles. The van der Waals surface area contributed by atoms with Crippen LogP contribution in [0.1, 0.15) is 12.5 Å². The van der Waals surface area contributed by atoms with Crippen molar-refractivity contribution in [2.45, 2.75) is 13.8 Å². The van der Waals surface area contributed by atoms with Crippen molar-refractivity contribution in [1.29, 1.82) is 0 Å². The normalized spacial score (nSPS) is 10.2. The Kier molecular flexibility index (Phi) is 4.27. The molecule has 2 aromatic rings. The highest BCUT2D eigenvalue weighted by Crippen LogP contribution is 2.27. The number of benzene rings is 1. The van der Waals surface area contributed by atoms with E-state index in [1.54, 1.807) is 13.1 Å². The van der Waals surface area contributed by atoms with E-state index in [0.29, 0.717) is 18.1 Å². The van der Waals surface area contributed by atoms with Crippen molar-refractivity contribution < 1.29 is 14.1 Å². The number of nitro groups is 1. The molecule has 2 rings (SSSR count). The first-order chi connectivity index (χ1) is 10.0. The number of nitro benzene ring substituents is 1. The Morgan fingerprint density at radius 1 is 1.48 bits per heavy atom. The van der Waals surface area contributed by atoms with E-state index >= 15 is 0 Å². The predicted molar refractivity (Wildman–Crippen MR) is 74.1 cm³/mol. The van der Waals surface area contributed by atoms with Gasteiger partial charge in [0, 0.05) is 30.4 Å². The molecule has 0 unspecified atom stereocenters. The Balaban J connectivity index is 2.27. The number of nitrogens with one attached hydrogen (secondary N) is 1. The summed E-state index contributed by atoms with van der Waals surface area (Å²) in [7, 11) is 0. The van der Waals surface area contributed by atoms with Crippen molar-refractivity contribution >= 4 is 11.6 Å². The Bertz CT molecular complexity index is 678. The molecule has 0 aliphatic heterocycles. The standard InChI is InChI=1S/C13H13FN4O3/c1-3-15-13-16-7-8(2)12(17-13)21-9-4-5-11(18(19)20)10(14)6-9/h4-7H,3H2,1-2H3,(H,15,16,17). The van der Waals surface area contributed by atoms with Gasteiger partial charge >= 0.3 is 5.69 Å². The molecule has 7 nitrogen and oxygen atoms in total. The SMILES string of the molecule is CCNc1ncc(C)c(Oc2ccc([N+](=O)[O-])c(F)c2)n1. The van der Waals surface area contributed by atoms with Crippen molar-refractivity contribution in [2.75, 3.05) is 11.9 Å². The first-order valence-corrected chi connectivity index (χ1v) is 6.20. The Morgan fingerprint density at radius 3 is 2.86 bits per heavy atom. The molecule has 1 N–H and O–H groups in total. The first kappa shape index (κ1) is 14.6. The zero-order valence-corrected chi connectivity index (χ0v) is 11.5. The molecule has 0 atom stereocenters. The predicted octanol–water partition coefficient (Wildman–Crippen LogP) is 3.06. The van der Waals surface area contributed by atoms with Crippen LogP contribution >= 0.6 is 0 Å². The van der Waals surface area contributed by atoms with Crippen molar-refractivity contribution in [1.82, 2.24) is 9.97 Å². The Hall–Kier alpha value is -2.77. The van der Waals surface area contributed by atoms with E-state index in [4.69, 9.17) is 4.74 Å². The summed E-state index contributed by atoms with van der Waals surface area (Å²) in [6, 6.07) is 3.31. The molecule has 21 heavy (non-hydrogen) atoms. The first-order valence-electron chi connectivity index (χ1n) is 6.20. The average Bonchev–Trinajstić information content (AvgIpc) is 2.42. The van der Waals surface area contributed by atoms with E-state index < -0.39 is 16.4 Å². The summed E-state index contributed by atoms with van der Waals surface area (Å²) in [5.74, 6) is -0.187. The molecule has 0 aliphatic rings. The number of ether oxygens (including phenoxy) is 1. The van der Waals surface area contributed by atoms with Crippen LogP contribution in [0, 0.1) is 22.9 Å². The third kappa shape index (κ3) is 3.41. The molecule has 0 spiro atoms. The molecular weight excluding hydrogens is 279 g/mol. The lowest BCUT2D eigenvalue weighted by molar-refractivity contribution is -0.387. The monoisotopic (exact) mass is 292 g/mol. The smallest absolute Gasteiger partial charge is 0.305 e. The van der Waals surface area contributed by atoms with E-state index in [2.05, 4.69) is 15.3 Å². The summed E-state index contributed by atoms with van der Waals surface area (Å²) in [4.78, 5) is 18.0. The fourth-order valence-corrected chi connectivity index (χ4v) is 1.58. The second kappa shape index (κ2) is 6.12. The van der Waals surface area contributed by atoms with E-state index in [-0.39, 0.29) is 11.6 Å². The average molecular weight is 292 g/mol. The van der Waals surface area contributed by atoms with E-state index in [1.165, 1.54) is 6.07 Å². The number of hydrogen-bond acceptors (Lipinski definition) is 6. The van der Waals surface area contributed by atoms with Crippen molar-refractivity contribution in [3.8, 4) is 11.6 Å². The number of rotatable bonds is 5. The number of halogens is 1. The summed E-state index contributed by atoms with van der Waals surface area (Å²) in [6.07, 6.45) is 1.57. The van der Waals surface area contributed by atoms with Gasteiger partial charge < -0.3 is 10.1 Å². The Morgan fingerprint density at radius 2 is 2.24 bits per heavy atom. The second-order valence-electron chi connectivity index (χ2n) is 4.18. The fraction of sp³-hybridized carbons (Fsp3) is 0.231. The minimum atomic E-state index is -0.962. The van der Waals surface area contributed by atoms with E-state index in [1.807, 2.05) is 6.92 Å². The van der Waals surface area contributed by atoms with Crippen LogP contribution in [0.3, 0.4) is 0 Å². The van der Waals surface area contributed by atoms with Crippen LogP contribution in [0.25, 0.3) is 0 Å². The zero-order chi connectivity index (χ0) is 15.4. The molecule has 8 heteroatoms. The van der Waals surface area contributed by atoms with Gasteiger partial charge in [-0.05, 0) is 19.9 Å². The molecule has 1 aromatic heterocycles. The van der Waals surface area contributed by atoms with Crippen LogP contribution in [0.2, 0.25) is 0 Å². The van der Waals surface area contributed by atoms with Crippen LogP contribution in [-0.2, 0) is 0 Å². The fourth-order valence-electron chi connectivity index (χ4n) is 1.58. The van der Waals surface area contributed by atoms with E-state index in [9.17, 15) is 14.5 Å². The van der Waals surface area contributed by atoms with Gasteiger partial charge in [0.2, 0.25) is 17.6 Å². The largest absolute Gasteiger partial charge is 0.438 e. The van der Waals surface area contributed by atoms with Crippen LogP contribution in [0.4, 0.5) is 16.0 Å². The summed E-state index contributed by atoms with van der Waals surface area (Å²) >= 11 is 0. The van der Waals surface area contributed by atoms with Crippen molar-refractivity contribution in [2.24, 2.45) is 0 Å². The molecule has 0 bridgehead atoms. The maximum absolute atomic E-state index is 13.5. The molecule has 1 heterocycles. The van der Waals surface area contributed by atoms with Gasteiger partial charge in [0.05, 0.1) is 4.92 Å². The minimum Gasteiger partial charge on any atom is -0.438 e. The number of anilines is 1. The highest BCUT2D eigenvalue weighted by Gasteiger charge is 2.15. The summed E-state index contributed by atoms with van der Waals surface area (Å²) in [5, 5.41) is 13.5. The lowest BCUT2D eigenvalue weighted by Crippen LogP contribution is -2.04. The number of aryl methyl sites for hydroxylation is 1. The topological polar surface area (TPSA) is 90.2 Å². The number of aromatic nitrogens is 2. The third-order valence-electron chi connectivity index (χ3n) is 2.59. The van der Waals surface area contributed by atoms with Gasteiger partial charge in [0.15, 0.2) is 0 Å². The van der Waals surface area contributed by atoms with E-state index in [0.717, 1.165) is 12.1 Å². The molecule has 0 aliphatic carbocycles. The van der Waals surface area contributed by atoms with Gasteiger partial charge in [0.1, 0.15) is 5.75 Å². The van der Waals surface area contributed by atoms with Gasteiger partial charge in [-0.2, -0.15) is 9.37 Å². The summed E-state index contributed by atoms with van der Waals surface area (Å²) in [5.41, 5.74) is 0.0607. The van der Waals surface area contributed by atoms with Gasteiger partial charge in [-0.1, -0.05) is 0 Å². The lowest BCUT2D eigenvalue weighted by atomic mass is 10.3. The second-order valence-corrected chi connectivity index (χ2v) is 4.18. The molecule has 0 saturated heterocycles. The van der Waals surface area contributed by atoms with Crippen LogP contribution < -0.4 is 10.1 Å². The maximum atomic E-state index is 13.5. The zero-order valence-electron chi connectivity index (χ0n) is 11.5. The van der Waals surface area contributed by atoms with Crippen molar-refractivity contribution in [3.05, 3.63) is 45.9 Å². The molecule has 0 radical (unpaired) electrons. The minimum absolute atomic E-state index is 0.127. The van der Waals surface area contributed by atoms with Gasteiger partial charge in [0.25, 0.3) is 0 Å². The molecular formula is C13H13FN4O3. The summed E-state index contributed by atoms with van der Waals surface area (Å²) in [6.45, 7) is 4.29.